The number of nitrogen functional groups attached to an aromatic ring is 1. The Morgan fingerprint density at radius 1 is 1.38 bits per heavy atom. The van der Waals surface area contributed by atoms with E-state index in [0.29, 0.717) is 19.6 Å². The summed E-state index contributed by atoms with van der Waals surface area (Å²) in [6.45, 7) is 2.68. The molecule has 0 bridgehead atoms. The quantitative estimate of drug-likeness (QED) is 0.846. The number of hydrogen-bond acceptors (Lipinski definition) is 6. The van der Waals surface area contributed by atoms with Gasteiger partial charge in [-0.1, -0.05) is 30.3 Å². The molecule has 3 rings (SSSR count). The third-order valence-corrected chi connectivity index (χ3v) is 4.16. The van der Waals surface area contributed by atoms with Crippen molar-refractivity contribution in [3.05, 3.63) is 58.1 Å². The Morgan fingerprint density at radius 2 is 2.12 bits per heavy atom. The average molecular weight is 330 g/mol. The lowest BCUT2D eigenvalue weighted by Gasteiger charge is -2.17. The maximum Gasteiger partial charge on any atom is 0.351 e. The first kappa shape index (κ1) is 16.6. The molecule has 1 aliphatic heterocycles. The number of nitrogens with zero attached hydrogens (tertiary/aromatic N) is 2. The van der Waals surface area contributed by atoms with Crippen LogP contribution in [0.3, 0.4) is 0 Å². The zero-order chi connectivity index (χ0) is 17.1. The average Bonchev–Trinajstić information content (AvgIpc) is 2.93. The van der Waals surface area contributed by atoms with E-state index in [1.54, 1.807) is 13.1 Å². The van der Waals surface area contributed by atoms with Gasteiger partial charge in [-0.25, -0.2) is 4.79 Å². The van der Waals surface area contributed by atoms with Crippen molar-refractivity contribution in [1.29, 1.82) is 0 Å². The van der Waals surface area contributed by atoms with E-state index in [2.05, 4.69) is 4.98 Å². The van der Waals surface area contributed by atoms with E-state index in [0.717, 1.165) is 11.1 Å². The predicted octanol–water partition coefficient (Wildman–Crippen LogP) is 0.966. The fourth-order valence-electron chi connectivity index (χ4n) is 2.74. The van der Waals surface area contributed by atoms with Gasteiger partial charge in [-0.3, -0.25) is 4.57 Å². The summed E-state index contributed by atoms with van der Waals surface area (Å²) in [6.07, 6.45) is 1.49. The summed E-state index contributed by atoms with van der Waals surface area (Å²) in [5, 5.41) is 0. The van der Waals surface area contributed by atoms with Crippen LogP contribution in [0, 0.1) is 6.92 Å². The van der Waals surface area contributed by atoms with Gasteiger partial charge >= 0.3 is 5.69 Å². The molecule has 0 radical (unpaired) electrons. The van der Waals surface area contributed by atoms with Gasteiger partial charge in [0.05, 0.1) is 19.3 Å². The zero-order valence-corrected chi connectivity index (χ0v) is 13.6. The molecule has 4 N–H and O–H groups in total. The lowest BCUT2D eigenvalue weighted by atomic mass is 10.1. The first-order valence-corrected chi connectivity index (χ1v) is 7.92. The Labute approximate surface area is 140 Å². The van der Waals surface area contributed by atoms with Crippen molar-refractivity contribution in [2.45, 2.75) is 38.3 Å². The molecule has 1 fully saturated rings. The second kappa shape index (κ2) is 7.12. The summed E-state index contributed by atoms with van der Waals surface area (Å²) in [6, 6.07) is 9.70. The summed E-state index contributed by atoms with van der Waals surface area (Å²) < 4.78 is 13.1. The lowest BCUT2D eigenvalue weighted by Crippen LogP contribution is -2.33. The van der Waals surface area contributed by atoms with Crippen molar-refractivity contribution in [3.63, 3.8) is 0 Å². The Morgan fingerprint density at radius 3 is 2.88 bits per heavy atom. The van der Waals surface area contributed by atoms with Gasteiger partial charge in [0.1, 0.15) is 12.0 Å². The first-order chi connectivity index (χ1) is 11.5. The van der Waals surface area contributed by atoms with E-state index in [1.165, 1.54) is 4.57 Å². The maximum atomic E-state index is 12.0. The van der Waals surface area contributed by atoms with Crippen LogP contribution in [0.1, 0.15) is 23.8 Å². The molecular formula is C17H22N4O3. The molecule has 1 aliphatic rings. The van der Waals surface area contributed by atoms with Crippen molar-refractivity contribution >= 4 is 5.82 Å². The molecule has 1 aromatic carbocycles. The lowest BCUT2D eigenvalue weighted by molar-refractivity contribution is -0.0488. The van der Waals surface area contributed by atoms with E-state index in [1.807, 2.05) is 30.3 Å². The van der Waals surface area contributed by atoms with Crippen molar-refractivity contribution in [3.8, 4) is 0 Å². The van der Waals surface area contributed by atoms with Gasteiger partial charge in [0.2, 0.25) is 0 Å². The number of hydrogen-bond donors (Lipinski definition) is 2. The van der Waals surface area contributed by atoms with Crippen molar-refractivity contribution in [2.75, 3.05) is 12.3 Å². The first-order valence-electron chi connectivity index (χ1n) is 7.92. The smallest absolute Gasteiger partial charge is 0.351 e. The molecule has 7 nitrogen and oxygen atoms in total. The van der Waals surface area contributed by atoms with Crippen LogP contribution in [-0.2, 0) is 16.1 Å². The van der Waals surface area contributed by atoms with Crippen LogP contribution in [0.5, 0.6) is 0 Å². The van der Waals surface area contributed by atoms with E-state index in [4.69, 9.17) is 20.9 Å². The molecule has 24 heavy (non-hydrogen) atoms. The topological polar surface area (TPSA) is 105 Å². The summed E-state index contributed by atoms with van der Waals surface area (Å²) in [7, 11) is 0. The van der Waals surface area contributed by atoms with Gasteiger partial charge in [-0.05, 0) is 12.5 Å². The number of aryl methyl sites for hydroxylation is 1. The Hall–Kier alpha value is -2.22. The van der Waals surface area contributed by atoms with Gasteiger partial charge in [-0.2, -0.15) is 4.98 Å². The van der Waals surface area contributed by atoms with Gasteiger partial charge in [0, 0.05) is 24.2 Å². The number of ether oxygens (including phenoxy) is 2. The SMILES string of the molecule is Cc1cn([C@H]2C[C@@H](N)C(COCc3ccccc3)O2)c(=O)nc1N. The van der Waals surface area contributed by atoms with E-state index in [-0.39, 0.29) is 18.0 Å². The minimum atomic E-state index is -0.440. The number of nitrogens with two attached hydrogens (primary N) is 2. The second-order valence-corrected chi connectivity index (χ2v) is 6.03. The largest absolute Gasteiger partial charge is 0.383 e. The van der Waals surface area contributed by atoms with Crippen LogP contribution in [0.25, 0.3) is 0 Å². The second-order valence-electron chi connectivity index (χ2n) is 6.03. The summed E-state index contributed by atoms with van der Waals surface area (Å²) in [5.74, 6) is 0.237. The molecule has 7 heteroatoms. The summed E-state index contributed by atoms with van der Waals surface area (Å²) in [4.78, 5) is 15.8. The van der Waals surface area contributed by atoms with Crippen LogP contribution in [0.2, 0.25) is 0 Å². The summed E-state index contributed by atoms with van der Waals surface area (Å²) in [5.41, 5.74) is 13.2. The summed E-state index contributed by atoms with van der Waals surface area (Å²) >= 11 is 0. The molecule has 2 heterocycles. The molecule has 0 amide bonds. The van der Waals surface area contributed by atoms with Crippen LogP contribution in [-0.4, -0.2) is 28.3 Å². The standard InChI is InChI=1S/C17H22N4O3/c1-11-8-21(17(22)20-16(11)19)15-7-13(18)14(24-15)10-23-9-12-5-3-2-4-6-12/h2-6,8,13-15H,7,9-10,18H2,1H3,(H2,19,20,22)/t13-,14?,15-/m1/s1. The molecular weight excluding hydrogens is 308 g/mol. The molecule has 2 aromatic rings. The molecule has 3 atom stereocenters. The monoisotopic (exact) mass is 330 g/mol. The van der Waals surface area contributed by atoms with Crippen molar-refractivity contribution < 1.29 is 9.47 Å². The highest BCUT2D eigenvalue weighted by Crippen LogP contribution is 2.27. The third kappa shape index (κ3) is 3.64. The van der Waals surface area contributed by atoms with Gasteiger partial charge in [-0.15, -0.1) is 0 Å². The van der Waals surface area contributed by atoms with E-state index < -0.39 is 11.9 Å². The van der Waals surface area contributed by atoms with E-state index in [9.17, 15) is 4.79 Å². The molecule has 1 aromatic heterocycles. The van der Waals surface area contributed by atoms with Gasteiger partial charge < -0.3 is 20.9 Å². The number of anilines is 1. The Balaban J connectivity index is 1.60. The van der Waals surface area contributed by atoms with Gasteiger partial charge in [0.15, 0.2) is 0 Å². The highest BCUT2D eigenvalue weighted by molar-refractivity contribution is 5.35. The van der Waals surface area contributed by atoms with E-state index >= 15 is 0 Å². The van der Waals surface area contributed by atoms with Crippen LogP contribution in [0.4, 0.5) is 5.82 Å². The van der Waals surface area contributed by atoms with Crippen molar-refractivity contribution in [1.82, 2.24) is 9.55 Å². The zero-order valence-electron chi connectivity index (χ0n) is 13.6. The molecule has 0 spiro atoms. The number of aromatic nitrogens is 2. The van der Waals surface area contributed by atoms with Gasteiger partial charge in [0.25, 0.3) is 0 Å². The highest BCUT2D eigenvalue weighted by Gasteiger charge is 2.34. The fourth-order valence-corrected chi connectivity index (χ4v) is 2.74. The van der Waals surface area contributed by atoms with Crippen LogP contribution in [0.15, 0.2) is 41.3 Å². The Bertz CT molecular complexity index is 747. The minimum Gasteiger partial charge on any atom is -0.383 e. The van der Waals surface area contributed by atoms with Crippen molar-refractivity contribution in [2.24, 2.45) is 5.73 Å². The normalized spacial score (nSPS) is 23.5. The number of benzene rings is 1. The highest BCUT2D eigenvalue weighted by atomic mass is 16.6. The predicted molar refractivity (Wildman–Crippen MR) is 90.2 cm³/mol. The fraction of sp³-hybridized carbons (Fsp3) is 0.412. The molecule has 0 aliphatic carbocycles. The van der Waals surface area contributed by atoms with Crippen LogP contribution < -0.4 is 17.2 Å². The minimum absolute atomic E-state index is 0.199. The molecule has 0 saturated carbocycles. The van der Waals surface area contributed by atoms with Crippen LogP contribution >= 0.6 is 0 Å². The number of rotatable bonds is 5. The maximum absolute atomic E-state index is 12.0. The Kier molecular flexibility index (Phi) is 4.94. The molecule has 128 valence electrons. The molecule has 1 unspecified atom stereocenters. The molecule has 1 saturated heterocycles. The third-order valence-electron chi connectivity index (χ3n) is 4.16.